The zero-order valence-corrected chi connectivity index (χ0v) is 6.44. The monoisotopic (exact) mass is 175 g/mol. The largest absolute Gasteiger partial charge is 0.418 e. The SMILES string of the molecule is Cc1cccc(N)c1C(F)(F)F. The molecule has 0 atom stereocenters. The fourth-order valence-corrected chi connectivity index (χ4v) is 1.08. The van der Waals surface area contributed by atoms with Crippen LogP contribution in [0.2, 0.25) is 0 Å². The number of rotatable bonds is 0. The molecule has 66 valence electrons. The molecule has 0 saturated heterocycles. The van der Waals surface area contributed by atoms with E-state index in [1.807, 2.05) is 0 Å². The van der Waals surface area contributed by atoms with Gasteiger partial charge in [-0.05, 0) is 18.6 Å². The van der Waals surface area contributed by atoms with E-state index in [1.54, 1.807) is 0 Å². The molecule has 0 fully saturated rings. The van der Waals surface area contributed by atoms with Crippen LogP contribution in [0.5, 0.6) is 0 Å². The highest BCUT2D eigenvalue weighted by atomic mass is 19.4. The van der Waals surface area contributed by atoms with E-state index in [4.69, 9.17) is 5.73 Å². The van der Waals surface area contributed by atoms with E-state index in [2.05, 4.69) is 0 Å². The minimum atomic E-state index is -4.35. The molecule has 0 saturated carbocycles. The molecule has 0 aromatic heterocycles. The average Bonchev–Trinajstić information content (AvgIpc) is 1.82. The van der Waals surface area contributed by atoms with E-state index in [0.29, 0.717) is 0 Å². The molecule has 0 aliphatic heterocycles. The molecule has 0 spiro atoms. The minimum Gasteiger partial charge on any atom is -0.398 e. The summed E-state index contributed by atoms with van der Waals surface area (Å²) in [6, 6.07) is 4.13. The topological polar surface area (TPSA) is 26.0 Å². The minimum absolute atomic E-state index is 0.155. The first kappa shape index (κ1) is 8.90. The van der Waals surface area contributed by atoms with Gasteiger partial charge in [-0.1, -0.05) is 12.1 Å². The predicted octanol–water partition coefficient (Wildman–Crippen LogP) is 2.60. The maximum absolute atomic E-state index is 12.2. The number of hydrogen-bond donors (Lipinski definition) is 1. The van der Waals surface area contributed by atoms with Crippen molar-refractivity contribution in [3.05, 3.63) is 29.3 Å². The van der Waals surface area contributed by atoms with Crippen molar-refractivity contribution >= 4 is 5.69 Å². The number of nitrogen functional groups attached to an aromatic ring is 1. The molecule has 0 amide bonds. The maximum Gasteiger partial charge on any atom is 0.418 e. The fourth-order valence-electron chi connectivity index (χ4n) is 1.08. The molecular weight excluding hydrogens is 167 g/mol. The summed E-state index contributed by atoms with van der Waals surface area (Å²) in [5, 5.41) is 0. The lowest BCUT2D eigenvalue weighted by atomic mass is 10.1. The highest BCUT2D eigenvalue weighted by Crippen LogP contribution is 2.35. The molecule has 1 nitrogen and oxygen atoms in total. The summed E-state index contributed by atoms with van der Waals surface area (Å²) in [5.41, 5.74) is 4.39. The number of halogens is 3. The van der Waals surface area contributed by atoms with Crippen molar-refractivity contribution in [1.82, 2.24) is 0 Å². The van der Waals surface area contributed by atoms with Gasteiger partial charge in [-0.3, -0.25) is 0 Å². The Balaban J connectivity index is 3.31. The van der Waals surface area contributed by atoms with Gasteiger partial charge in [0.2, 0.25) is 0 Å². The smallest absolute Gasteiger partial charge is 0.398 e. The predicted molar refractivity (Wildman–Crippen MR) is 40.6 cm³/mol. The number of benzene rings is 1. The summed E-state index contributed by atoms with van der Waals surface area (Å²) in [6.45, 7) is 1.39. The Hall–Kier alpha value is -1.19. The first-order valence-electron chi connectivity index (χ1n) is 3.35. The van der Waals surface area contributed by atoms with Gasteiger partial charge in [-0.15, -0.1) is 0 Å². The van der Waals surface area contributed by atoms with Crippen molar-refractivity contribution in [1.29, 1.82) is 0 Å². The lowest BCUT2D eigenvalue weighted by Crippen LogP contribution is -2.10. The average molecular weight is 175 g/mol. The molecule has 2 N–H and O–H groups in total. The van der Waals surface area contributed by atoms with Gasteiger partial charge in [0.25, 0.3) is 0 Å². The molecule has 0 aliphatic carbocycles. The van der Waals surface area contributed by atoms with Crippen LogP contribution in [0.15, 0.2) is 18.2 Å². The molecule has 4 heteroatoms. The molecule has 1 aromatic carbocycles. The summed E-state index contributed by atoms with van der Waals surface area (Å²) in [5.74, 6) is 0. The molecule has 0 bridgehead atoms. The van der Waals surface area contributed by atoms with Crippen molar-refractivity contribution < 1.29 is 13.2 Å². The lowest BCUT2D eigenvalue weighted by molar-refractivity contribution is -0.137. The molecule has 1 aromatic rings. The number of nitrogens with two attached hydrogens (primary N) is 1. The first-order chi connectivity index (χ1) is 5.43. The highest BCUT2D eigenvalue weighted by molar-refractivity contribution is 5.52. The molecule has 12 heavy (non-hydrogen) atoms. The Morgan fingerprint density at radius 1 is 1.25 bits per heavy atom. The van der Waals surface area contributed by atoms with E-state index >= 15 is 0 Å². The molecule has 0 unspecified atom stereocenters. The Kier molecular flexibility index (Phi) is 2.00. The third-order valence-corrected chi connectivity index (χ3v) is 1.59. The van der Waals surface area contributed by atoms with Gasteiger partial charge < -0.3 is 5.73 Å². The van der Waals surface area contributed by atoms with Gasteiger partial charge in [-0.2, -0.15) is 13.2 Å². The number of anilines is 1. The van der Waals surface area contributed by atoms with Crippen LogP contribution >= 0.6 is 0 Å². The third-order valence-electron chi connectivity index (χ3n) is 1.59. The zero-order valence-electron chi connectivity index (χ0n) is 6.44. The Bertz CT molecular complexity index is 271. The Morgan fingerprint density at radius 3 is 2.17 bits per heavy atom. The number of aryl methyl sites for hydroxylation is 1. The Morgan fingerprint density at radius 2 is 1.83 bits per heavy atom. The normalized spacial score (nSPS) is 11.7. The summed E-state index contributed by atoms with van der Waals surface area (Å²) in [6.07, 6.45) is -4.35. The van der Waals surface area contributed by atoms with Crippen LogP contribution in [0.25, 0.3) is 0 Å². The van der Waals surface area contributed by atoms with Crippen molar-refractivity contribution in [2.75, 3.05) is 5.73 Å². The van der Waals surface area contributed by atoms with Gasteiger partial charge in [0.15, 0.2) is 0 Å². The zero-order chi connectivity index (χ0) is 9.35. The van der Waals surface area contributed by atoms with E-state index in [0.717, 1.165) is 0 Å². The van der Waals surface area contributed by atoms with Crippen LogP contribution in [-0.4, -0.2) is 0 Å². The van der Waals surface area contributed by atoms with E-state index < -0.39 is 11.7 Å². The molecule has 0 aliphatic rings. The van der Waals surface area contributed by atoms with Gasteiger partial charge >= 0.3 is 6.18 Å². The van der Waals surface area contributed by atoms with E-state index in [9.17, 15) is 13.2 Å². The van der Waals surface area contributed by atoms with Gasteiger partial charge in [0.05, 0.1) is 5.56 Å². The standard InChI is InChI=1S/C8H8F3N/c1-5-3-2-4-6(12)7(5)8(9,10)11/h2-4H,12H2,1H3. The summed E-state index contributed by atoms with van der Waals surface area (Å²) in [4.78, 5) is 0. The van der Waals surface area contributed by atoms with E-state index in [-0.39, 0.29) is 11.3 Å². The maximum atomic E-state index is 12.2. The second-order valence-corrected chi connectivity index (χ2v) is 2.54. The summed E-state index contributed by atoms with van der Waals surface area (Å²) >= 11 is 0. The van der Waals surface area contributed by atoms with Crippen LogP contribution in [0.4, 0.5) is 18.9 Å². The van der Waals surface area contributed by atoms with Crippen LogP contribution in [0.1, 0.15) is 11.1 Å². The second-order valence-electron chi connectivity index (χ2n) is 2.54. The van der Waals surface area contributed by atoms with Gasteiger partial charge in [-0.25, -0.2) is 0 Å². The van der Waals surface area contributed by atoms with Crippen molar-refractivity contribution in [3.8, 4) is 0 Å². The number of alkyl halides is 3. The van der Waals surface area contributed by atoms with Crippen LogP contribution in [-0.2, 0) is 6.18 Å². The first-order valence-corrected chi connectivity index (χ1v) is 3.35. The van der Waals surface area contributed by atoms with Crippen LogP contribution in [0, 0.1) is 6.92 Å². The van der Waals surface area contributed by atoms with Crippen molar-refractivity contribution in [3.63, 3.8) is 0 Å². The molecule has 0 radical (unpaired) electrons. The number of hydrogen-bond acceptors (Lipinski definition) is 1. The molecule has 1 rings (SSSR count). The quantitative estimate of drug-likeness (QED) is 0.602. The van der Waals surface area contributed by atoms with E-state index in [1.165, 1.54) is 25.1 Å². The summed E-state index contributed by atoms with van der Waals surface area (Å²) in [7, 11) is 0. The Labute approximate surface area is 68.0 Å². The van der Waals surface area contributed by atoms with Crippen LogP contribution in [0.3, 0.4) is 0 Å². The molecular formula is C8H8F3N. The molecule has 0 heterocycles. The van der Waals surface area contributed by atoms with Crippen molar-refractivity contribution in [2.45, 2.75) is 13.1 Å². The van der Waals surface area contributed by atoms with Crippen molar-refractivity contribution in [2.24, 2.45) is 0 Å². The van der Waals surface area contributed by atoms with Gasteiger partial charge in [0.1, 0.15) is 0 Å². The lowest BCUT2D eigenvalue weighted by Gasteiger charge is -2.11. The highest BCUT2D eigenvalue weighted by Gasteiger charge is 2.34. The van der Waals surface area contributed by atoms with Crippen LogP contribution < -0.4 is 5.73 Å². The second kappa shape index (κ2) is 2.69. The fraction of sp³-hybridized carbons (Fsp3) is 0.250. The third kappa shape index (κ3) is 1.52. The summed E-state index contributed by atoms with van der Waals surface area (Å²) < 4.78 is 36.7. The van der Waals surface area contributed by atoms with Gasteiger partial charge in [0, 0.05) is 5.69 Å².